The van der Waals surface area contributed by atoms with Crippen LogP contribution >= 0.6 is 0 Å². The number of aliphatic carboxylic acids is 1. The second kappa shape index (κ2) is 12.2. The third-order valence-corrected chi connectivity index (χ3v) is 7.62. The summed E-state index contributed by atoms with van der Waals surface area (Å²) in [6.45, 7) is 3.28. The Morgan fingerprint density at radius 3 is 2.62 bits per heavy atom. The summed E-state index contributed by atoms with van der Waals surface area (Å²) in [5, 5.41) is 10.3. The smallest absolute Gasteiger partial charge is 0.303 e. The summed E-state index contributed by atoms with van der Waals surface area (Å²) >= 11 is 0. The van der Waals surface area contributed by atoms with Gasteiger partial charge < -0.3 is 14.6 Å². The standard InChI is InChI=1S/C29H32F4N2O4/c1-18-17-34-24-4-3-20(38-2)15-21(24)27(18)22(31)5-6-29(16-26(36)37)7-9-35(10-8-29)11-12-39-25-14-19(30)13-23(32)28(25)33/h3-4,13-15,17,22H,5-12,16H2,1-2H3,(H,36,37)/t22-/m0/s1. The van der Waals surface area contributed by atoms with Gasteiger partial charge in [-0.25, -0.2) is 13.2 Å². The van der Waals surface area contributed by atoms with E-state index in [0.717, 1.165) is 11.6 Å². The summed E-state index contributed by atoms with van der Waals surface area (Å²) in [4.78, 5) is 18.2. The molecule has 0 bridgehead atoms. The number of hydrogen-bond donors (Lipinski definition) is 1. The molecule has 1 fully saturated rings. The van der Waals surface area contributed by atoms with Crippen LogP contribution in [0.4, 0.5) is 17.6 Å². The van der Waals surface area contributed by atoms with Gasteiger partial charge in [0.1, 0.15) is 24.3 Å². The van der Waals surface area contributed by atoms with Gasteiger partial charge in [-0.2, -0.15) is 4.39 Å². The van der Waals surface area contributed by atoms with Gasteiger partial charge in [-0.05, 0) is 80.4 Å². The van der Waals surface area contributed by atoms with E-state index in [1.807, 2.05) is 11.8 Å². The Balaban J connectivity index is 1.39. The normalized spacial score (nSPS) is 16.3. The third-order valence-electron chi connectivity index (χ3n) is 7.62. The summed E-state index contributed by atoms with van der Waals surface area (Å²) in [5.41, 5.74) is 1.36. The van der Waals surface area contributed by atoms with Crippen LogP contribution in [-0.2, 0) is 4.79 Å². The number of ether oxygens (including phenoxy) is 2. The molecule has 0 aliphatic carbocycles. The molecular formula is C29H32F4N2O4. The van der Waals surface area contributed by atoms with Crippen LogP contribution in [0.5, 0.6) is 11.5 Å². The second-order valence-corrected chi connectivity index (χ2v) is 10.2. The zero-order valence-corrected chi connectivity index (χ0v) is 22.0. The zero-order valence-electron chi connectivity index (χ0n) is 22.0. The number of nitrogens with zero attached hydrogens (tertiary/aromatic N) is 2. The number of fused-ring (bicyclic) bond motifs is 1. The predicted molar refractivity (Wildman–Crippen MR) is 138 cm³/mol. The van der Waals surface area contributed by atoms with Gasteiger partial charge in [0.25, 0.3) is 0 Å². The topological polar surface area (TPSA) is 71.9 Å². The van der Waals surface area contributed by atoms with E-state index in [1.54, 1.807) is 31.5 Å². The summed E-state index contributed by atoms with van der Waals surface area (Å²) in [7, 11) is 1.55. The monoisotopic (exact) mass is 548 g/mol. The first kappa shape index (κ1) is 28.6. The maximum absolute atomic E-state index is 15.8. The van der Waals surface area contributed by atoms with E-state index in [4.69, 9.17) is 9.47 Å². The van der Waals surface area contributed by atoms with Crippen LogP contribution in [0.15, 0.2) is 36.5 Å². The number of carboxylic acid groups (broad SMARTS) is 1. The van der Waals surface area contributed by atoms with Crippen molar-refractivity contribution in [3.8, 4) is 11.5 Å². The Morgan fingerprint density at radius 2 is 1.92 bits per heavy atom. The number of halogens is 4. The molecule has 39 heavy (non-hydrogen) atoms. The SMILES string of the molecule is COc1ccc2ncc(C)c([C@@H](F)CCC3(CC(=O)O)CCN(CCOc4cc(F)cc(F)c4F)CC3)c2c1. The molecule has 0 unspecified atom stereocenters. The molecule has 1 aliphatic heterocycles. The molecule has 1 aliphatic rings. The van der Waals surface area contributed by atoms with E-state index in [1.165, 1.54) is 0 Å². The summed E-state index contributed by atoms with van der Waals surface area (Å²) in [6.07, 6.45) is 1.92. The van der Waals surface area contributed by atoms with E-state index in [9.17, 15) is 23.1 Å². The van der Waals surface area contributed by atoms with Gasteiger partial charge in [-0.1, -0.05) is 0 Å². The number of aromatic nitrogens is 1. The molecule has 10 heteroatoms. The number of aryl methyl sites for hydroxylation is 1. The van der Waals surface area contributed by atoms with E-state index < -0.39 is 40.8 Å². The maximum Gasteiger partial charge on any atom is 0.303 e. The first-order valence-corrected chi connectivity index (χ1v) is 12.9. The molecular weight excluding hydrogens is 516 g/mol. The average molecular weight is 549 g/mol. The molecule has 6 nitrogen and oxygen atoms in total. The second-order valence-electron chi connectivity index (χ2n) is 10.2. The van der Waals surface area contributed by atoms with Crippen molar-refractivity contribution in [2.45, 2.75) is 45.2 Å². The van der Waals surface area contributed by atoms with Crippen molar-refractivity contribution in [2.75, 3.05) is 33.4 Å². The highest BCUT2D eigenvalue weighted by Crippen LogP contribution is 2.43. The lowest BCUT2D eigenvalue weighted by Crippen LogP contribution is -2.42. The molecule has 210 valence electrons. The van der Waals surface area contributed by atoms with E-state index >= 15 is 4.39 Å². The highest BCUT2D eigenvalue weighted by molar-refractivity contribution is 5.85. The Labute approximate surface area is 224 Å². The summed E-state index contributed by atoms with van der Waals surface area (Å²) < 4.78 is 66.9. The highest BCUT2D eigenvalue weighted by Gasteiger charge is 2.37. The van der Waals surface area contributed by atoms with Gasteiger partial charge in [0, 0.05) is 30.3 Å². The van der Waals surface area contributed by atoms with E-state index in [0.29, 0.717) is 67.2 Å². The van der Waals surface area contributed by atoms with Gasteiger partial charge >= 0.3 is 5.97 Å². The Kier molecular flexibility index (Phi) is 8.94. The van der Waals surface area contributed by atoms with Crippen LogP contribution in [0.3, 0.4) is 0 Å². The van der Waals surface area contributed by atoms with Crippen molar-refractivity contribution in [3.05, 3.63) is 65.1 Å². The van der Waals surface area contributed by atoms with Crippen LogP contribution in [0.1, 0.15) is 49.4 Å². The van der Waals surface area contributed by atoms with Crippen molar-refractivity contribution in [1.29, 1.82) is 0 Å². The van der Waals surface area contributed by atoms with Crippen LogP contribution in [-0.4, -0.2) is 54.3 Å². The van der Waals surface area contributed by atoms with Gasteiger partial charge in [0.05, 0.1) is 19.0 Å². The van der Waals surface area contributed by atoms with Crippen LogP contribution in [0.2, 0.25) is 0 Å². The Bertz CT molecular complexity index is 1330. The molecule has 1 atom stereocenters. The lowest BCUT2D eigenvalue weighted by molar-refractivity contribution is -0.141. The lowest BCUT2D eigenvalue weighted by atomic mass is 9.71. The minimum Gasteiger partial charge on any atom is -0.497 e. The first-order valence-electron chi connectivity index (χ1n) is 12.9. The number of methoxy groups -OCH3 is 1. The fourth-order valence-electron chi connectivity index (χ4n) is 5.42. The summed E-state index contributed by atoms with van der Waals surface area (Å²) in [5.74, 6) is -4.31. The number of alkyl halides is 1. The van der Waals surface area contributed by atoms with Crippen molar-refractivity contribution < 1.29 is 36.9 Å². The molecule has 4 rings (SSSR count). The molecule has 2 heterocycles. The molecule has 0 amide bonds. The average Bonchev–Trinajstić information content (AvgIpc) is 2.90. The number of hydrogen-bond acceptors (Lipinski definition) is 5. The zero-order chi connectivity index (χ0) is 28.2. The largest absolute Gasteiger partial charge is 0.497 e. The number of pyridine rings is 1. The molecule has 0 saturated carbocycles. The molecule has 0 spiro atoms. The minimum absolute atomic E-state index is 0.0101. The number of piperidine rings is 1. The van der Waals surface area contributed by atoms with Crippen molar-refractivity contribution in [3.63, 3.8) is 0 Å². The van der Waals surface area contributed by atoms with Gasteiger partial charge in [-0.3, -0.25) is 14.7 Å². The molecule has 0 radical (unpaired) electrons. The minimum atomic E-state index is -1.32. The summed E-state index contributed by atoms with van der Waals surface area (Å²) in [6, 6.07) is 6.58. The highest BCUT2D eigenvalue weighted by atomic mass is 19.2. The number of carboxylic acids is 1. The molecule has 3 aromatic rings. The maximum atomic E-state index is 15.8. The quantitative estimate of drug-likeness (QED) is 0.221. The van der Waals surface area contributed by atoms with Crippen LogP contribution in [0.25, 0.3) is 10.9 Å². The number of benzene rings is 2. The lowest BCUT2D eigenvalue weighted by Gasteiger charge is -2.41. The van der Waals surface area contributed by atoms with Gasteiger partial charge in [0.2, 0.25) is 5.82 Å². The molecule has 2 aromatic carbocycles. The van der Waals surface area contributed by atoms with E-state index in [-0.39, 0.29) is 19.4 Å². The van der Waals surface area contributed by atoms with Crippen LogP contribution in [0, 0.1) is 29.8 Å². The number of likely N-dealkylation sites (tertiary alicyclic amines) is 1. The predicted octanol–water partition coefficient (Wildman–Crippen LogP) is 6.40. The first-order chi connectivity index (χ1) is 18.6. The van der Waals surface area contributed by atoms with Crippen LogP contribution < -0.4 is 9.47 Å². The van der Waals surface area contributed by atoms with Crippen molar-refractivity contribution >= 4 is 16.9 Å². The Morgan fingerprint density at radius 1 is 1.18 bits per heavy atom. The molecule has 1 saturated heterocycles. The Hall–Kier alpha value is -3.40. The number of rotatable bonds is 11. The van der Waals surface area contributed by atoms with Gasteiger partial charge in [0.15, 0.2) is 11.6 Å². The van der Waals surface area contributed by atoms with Crippen molar-refractivity contribution in [1.82, 2.24) is 9.88 Å². The molecule has 1 aromatic heterocycles. The number of carbonyl (C=O) groups is 1. The van der Waals surface area contributed by atoms with Gasteiger partial charge in [-0.15, -0.1) is 0 Å². The van der Waals surface area contributed by atoms with Crippen molar-refractivity contribution in [2.24, 2.45) is 5.41 Å². The molecule has 1 N–H and O–H groups in total. The fourth-order valence-corrected chi connectivity index (χ4v) is 5.42. The third kappa shape index (κ3) is 6.79. The van der Waals surface area contributed by atoms with E-state index in [2.05, 4.69) is 4.98 Å². The fraction of sp³-hybridized carbons (Fsp3) is 0.448.